The summed E-state index contributed by atoms with van der Waals surface area (Å²) in [6.45, 7) is 4.66. The molecule has 4 nitrogen and oxygen atoms in total. The van der Waals surface area contributed by atoms with E-state index in [9.17, 15) is 9.59 Å². The lowest BCUT2D eigenvalue weighted by atomic mass is 10.0. The first-order valence-electron chi connectivity index (χ1n) is 9.20. The van der Waals surface area contributed by atoms with Gasteiger partial charge in [0.25, 0.3) is 0 Å². The molecular formula is C23H17ClN2O2. The zero-order chi connectivity index (χ0) is 19.6. The van der Waals surface area contributed by atoms with Crippen molar-refractivity contribution < 1.29 is 0 Å². The third-order valence-electron chi connectivity index (χ3n) is 5.45. The molecule has 2 heterocycles. The molecule has 0 spiro atoms. The molecule has 0 fully saturated rings. The predicted octanol–water partition coefficient (Wildman–Crippen LogP) is 5.13. The van der Waals surface area contributed by atoms with Crippen LogP contribution in [0.2, 0.25) is 5.02 Å². The molecule has 28 heavy (non-hydrogen) atoms. The standard InChI is InChI=1S/C23H17ClN2O2/c1-3-26-20-11-15-19(25-18-7-5-4-6-14(18)22(15)27)10-16(20)23(28)17-9-13(24)8-12(2)21(17)26/h4-11H,3H2,1-2H3,(H,25,27). The van der Waals surface area contributed by atoms with Gasteiger partial charge in [-0.1, -0.05) is 23.7 Å². The van der Waals surface area contributed by atoms with Gasteiger partial charge in [0.15, 0.2) is 10.9 Å². The summed E-state index contributed by atoms with van der Waals surface area (Å²) in [7, 11) is 0. The molecule has 0 atom stereocenters. The van der Waals surface area contributed by atoms with Crippen molar-refractivity contribution in [2.45, 2.75) is 20.4 Å². The van der Waals surface area contributed by atoms with E-state index in [0.29, 0.717) is 38.6 Å². The Hall–Kier alpha value is -3.11. The van der Waals surface area contributed by atoms with Crippen LogP contribution in [0, 0.1) is 6.92 Å². The van der Waals surface area contributed by atoms with Gasteiger partial charge < -0.3 is 9.55 Å². The molecule has 0 amide bonds. The normalized spacial score (nSPS) is 11.8. The van der Waals surface area contributed by atoms with Gasteiger partial charge in [0, 0.05) is 38.6 Å². The maximum Gasteiger partial charge on any atom is 0.197 e. The van der Waals surface area contributed by atoms with Gasteiger partial charge in [-0.05, 0) is 55.8 Å². The molecule has 0 saturated carbocycles. The number of fused-ring (bicyclic) bond motifs is 4. The molecule has 0 saturated heterocycles. The first kappa shape index (κ1) is 17.0. The number of pyridine rings is 2. The van der Waals surface area contributed by atoms with E-state index in [4.69, 9.17) is 11.6 Å². The van der Waals surface area contributed by atoms with Crippen molar-refractivity contribution in [3.63, 3.8) is 0 Å². The summed E-state index contributed by atoms with van der Waals surface area (Å²) in [6.07, 6.45) is 0. The number of H-pyrrole nitrogens is 1. The third kappa shape index (κ3) is 2.25. The minimum atomic E-state index is -0.0730. The predicted molar refractivity (Wildman–Crippen MR) is 117 cm³/mol. The van der Waals surface area contributed by atoms with Gasteiger partial charge in [0.05, 0.1) is 16.6 Å². The molecule has 0 aliphatic carbocycles. The summed E-state index contributed by atoms with van der Waals surface area (Å²) in [5.41, 5.74) is 3.88. The highest BCUT2D eigenvalue weighted by Crippen LogP contribution is 2.27. The smallest absolute Gasteiger partial charge is 0.197 e. The van der Waals surface area contributed by atoms with E-state index < -0.39 is 0 Å². The summed E-state index contributed by atoms with van der Waals surface area (Å²) in [5, 5.41) is 2.95. The molecule has 3 aromatic carbocycles. The van der Waals surface area contributed by atoms with Crippen LogP contribution in [0.15, 0.2) is 58.1 Å². The Morgan fingerprint density at radius 3 is 2.43 bits per heavy atom. The molecule has 5 aromatic rings. The van der Waals surface area contributed by atoms with Crippen LogP contribution in [-0.4, -0.2) is 9.55 Å². The molecular weight excluding hydrogens is 372 g/mol. The fourth-order valence-corrected chi connectivity index (χ4v) is 4.50. The molecule has 0 unspecified atom stereocenters. The Morgan fingerprint density at radius 1 is 0.893 bits per heavy atom. The number of aromatic amines is 1. The van der Waals surface area contributed by atoms with E-state index in [1.165, 1.54) is 0 Å². The van der Waals surface area contributed by atoms with Gasteiger partial charge in [-0.3, -0.25) is 9.59 Å². The summed E-state index contributed by atoms with van der Waals surface area (Å²) < 4.78 is 2.09. The number of nitrogens with zero attached hydrogens (tertiary/aromatic N) is 1. The first-order valence-corrected chi connectivity index (χ1v) is 9.58. The van der Waals surface area contributed by atoms with Gasteiger partial charge in [0.1, 0.15) is 0 Å². The number of benzene rings is 3. The molecule has 2 aromatic heterocycles. The van der Waals surface area contributed by atoms with Crippen molar-refractivity contribution in [1.82, 2.24) is 9.55 Å². The highest BCUT2D eigenvalue weighted by atomic mass is 35.5. The van der Waals surface area contributed by atoms with E-state index in [1.807, 2.05) is 50.2 Å². The Labute approximate surface area is 165 Å². The van der Waals surface area contributed by atoms with Crippen molar-refractivity contribution in [1.29, 1.82) is 0 Å². The number of hydrogen-bond donors (Lipinski definition) is 1. The number of halogens is 1. The average Bonchev–Trinajstić information content (AvgIpc) is 2.68. The molecule has 0 radical (unpaired) electrons. The molecule has 0 aliphatic heterocycles. The van der Waals surface area contributed by atoms with Crippen LogP contribution in [0.5, 0.6) is 0 Å². The van der Waals surface area contributed by atoms with Crippen molar-refractivity contribution in [2.75, 3.05) is 0 Å². The SMILES string of the molecule is CCn1c2cc3c(=O)c4ccccc4[nH]c3cc2c(=O)c2cc(Cl)cc(C)c21. The van der Waals surface area contributed by atoms with E-state index >= 15 is 0 Å². The number of aromatic nitrogens is 2. The van der Waals surface area contributed by atoms with Crippen LogP contribution < -0.4 is 10.9 Å². The van der Waals surface area contributed by atoms with Crippen LogP contribution in [0.25, 0.3) is 43.6 Å². The van der Waals surface area contributed by atoms with Crippen LogP contribution in [-0.2, 0) is 6.54 Å². The van der Waals surface area contributed by atoms with Crippen molar-refractivity contribution in [3.8, 4) is 0 Å². The summed E-state index contributed by atoms with van der Waals surface area (Å²) in [4.78, 5) is 29.7. The van der Waals surface area contributed by atoms with Crippen LogP contribution >= 0.6 is 11.6 Å². The number of para-hydroxylation sites is 1. The molecule has 5 heteroatoms. The van der Waals surface area contributed by atoms with Crippen molar-refractivity contribution in [2.24, 2.45) is 0 Å². The minimum Gasteiger partial charge on any atom is -0.354 e. The Kier molecular flexibility index (Phi) is 3.61. The topological polar surface area (TPSA) is 54.9 Å². The van der Waals surface area contributed by atoms with Crippen LogP contribution in [0.4, 0.5) is 0 Å². The lowest BCUT2D eigenvalue weighted by molar-refractivity contribution is 0.819. The first-order chi connectivity index (χ1) is 13.5. The zero-order valence-corrected chi connectivity index (χ0v) is 16.2. The van der Waals surface area contributed by atoms with Gasteiger partial charge in [-0.25, -0.2) is 0 Å². The number of aryl methyl sites for hydroxylation is 2. The number of nitrogens with one attached hydrogen (secondary N) is 1. The molecule has 0 bridgehead atoms. The zero-order valence-electron chi connectivity index (χ0n) is 15.5. The van der Waals surface area contributed by atoms with Gasteiger partial charge in [-0.2, -0.15) is 0 Å². The summed E-state index contributed by atoms with van der Waals surface area (Å²) in [5.74, 6) is 0. The Balaban J connectivity index is 2.08. The molecule has 0 aliphatic rings. The number of rotatable bonds is 1. The van der Waals surface area contributed by atoms with E-state index in [0.717, 1.165) is 22.1 Å². The maximum atomic E-state index is 13.3. The fourth-order valence-electron chi connectivity index (χ4n) is 4.23. The van der Waals surface area contributed by atoms with E-state index in [1.54, 1.807) is 12.1 Å². The molecule has 138 valence electrons. The fraction of sp³-hybridized carbons (Fsp3) is 0.130. The second kappa shape index (κ2) is 5.94. The lowest BCUT2D eigenvalue weighted by Crippen LogP contribution is -2.13. The third-order valence-corrected chi connectivity index (χ3v) is 5.67. The molecule has 5 rings (SSSR count). The number of hydrogen-bond acceptors (Lipinski definition) is 2. The van der Waals surface area contributed by atoms with Gasteiger partial charge in [0.2, 0.25) is 0 Å². The Morgan fingerprint density at radius 2 is 1.64 bits per heavy atom. The quantitative estimate of drug-likeness (QED) is 0.405. The van der Waals surface area contributed by atoms with Gasteiger partial charge >= 0.3 is 0 Å². The van der Waals surface area contributed by atoms with Crippen molar-refractivity contribution >= 4 is 55.2 Å². The van der Waals surface area contributed by atoms with Crippen LogP contribution in [0.1, 0.15) is 12.5 Å². The highest BCUT2D eigenvalue weighted by molar-refractivity contribution is 6.31. The summed E-state index contributed by atoms with van der Waals surface area (Å²) >= 11 is 6.23. The van der Waals surface area contributed by atoms with E-state index in [2.05, 4.69) is 9.55 Å². The molecule has 1 N–H and O–H groups in total. The van der Waals surface area contributed by atoms with Crippen molar-refractivity contribution in [3.05, 3.63) is 79.6 Å². The van der Waals surface area contributed by atoms with Gasteiger partial charge in [-0.15, -0.1) is 0 Å². The second-order valence-corrected chi connectivity index (χ2v) is 7.54. The minimum absolute atomic E-state index is 0.0331. The van der Waals surface area contributed by atoms with Crippen LogP contribution in [0.3, 0.4) is 0 Å². The monoisotopic (exact) mass is 388 g/mol. The highest BCUT2D eigenvalue weighted by Gasteiger charge is 2.15. The second-order valence-electron chi connectivity index (χ2n) is 7.11. The summed E-state index contributed by atoms with van der Waals surface area (Å²) in [6, 6.07) is 14.6. The van der Waals surface area contributed by atoms with E-state index in [-0.39, 0.29) is 10.9 Å². The largest absolute Gasteiger partial charge is 0.354 e. The maximum absolute atomic E-state index is 13.3. The average molecular weight is 389 g/mol. The lowest BCUT2D eigenvalue weighted by Gasteiger charge is -2.16. The Bertz CT molecular complexity index is 1560.